The zero-order chi connectivity index (χ0) is 30.1. The number of pyridine rings is 1. The van der Waals surface area contributed by atoms with Gasteiger partial charge in [0, 0.05) is 35.5 Å². The maximum atomic E-state index is 14.8. The Morgan fingerprint density at radius 3 is 2.70 bits per heavy atom. The molecular formula is C33H32ClFN4O4. The Bertz CT molecular complexity index is 1700. The number of piperidine rings is 1. The Morgan fingerprint density at radius 1 is 1.14 bits per heavy atom. The van der Waals surface area contributed by atoms with Crippen LogP contribution in [0.3, 0.4) is 0 Å². The van der Waals surface area contributed by atoms with Crippen molar-refractivity contribution < 1.29 is 23.8 Å². The fraction of sp³-hybridized carbons (Fsp3) is 0.303. The summed E-state index contributed by atoms with van der Waals surface area (Å²) in [7, 11) is 0. The summed E-state index contributed by atoms with van der Waals surface area (Å²) >= 11 is 5.97. The predicted molar refractivity (Wildman–Crippen MR) is 161 cm³/mol. The number of benzene rings is 2. The molecule has 10 heteroatoms. The highest BCUT2D eigenvalue weighted by atomic mass is 35.5. The number of ether oxygens (including phenoxy) is 2. The fourth-order valence-corrected chi connectivity index (χ4v) is 6.08. The molecule has 222 valence electrons. The minimum absolute atomic E-state index is 0.249. The first-order valence-corrected chi connectivity index (χ1v) is 14.6. The number of hydrogen-bond donors (Lipinski definition) is 1. The summed E-state index contributed by atoms with van der Waals surface area (Å²) in [5.74, 6) is -0.388. The van der Waals surface area contributed by atoms with E-state index in [0.717, 1.165) is 60.3 Å². The molecule has 0 radical (unpaired) electrons. The first kappa shape index (κ1) is 28.9. The van der Waals surface area contributed by atoms with Gasteiger partial charge in [-0.25, -0.2) is 14.2 Å². The lowest BCUT2D eigenvalue weighted by Crippen LogP contribution is -2.34. The molecular weight excluding hydrogens is 571 g/mol. The van der Waals surface area contributed by atoms with E-state index in [9.17, 15) is 14.3 Å². The van der Waals surface area contributed by atoms with E-state index in [1.54, 1.807) is 37.5 Å². The fourth-order valence-electron chi connectivity index (χ4n) is 5.92. The van der Waals surface area contributed by atoms with Gasteiger partial charge in [-0.3, -0.25) is 9.88 Å². The minimum atomic E-state index is -1.29. The van der Waals surface area contributed by atoms with Crippen LogP contribution in [0.25, 0.3) is 6.08 Å². The molecule has 1 saturated heterocycles. The summed E-state index contributed by atoms with van der Waals surface area (Å²) in [5.41, 5.74) is 4.06. The molecule has 0 spiro atoms. The molecule has 2 aromatic heterocycles. The van der Waals surface area contributed by atoms with Gasteiger partial charge in [0.1, 0.15) is 11.6 Å². The van der Waals surface area contributed by atoms with Gasteiger partial charge in [-0.2, -0.15) is 0 Å². The van der Waals surface area contributed by atoms with Crippen molar-refractivity contribution in [3.63, 3.8) is 0 Å². The molecule has 2 aliphatic heterocycles. The molecule has 1 fully saturated rings. The van der Waals surface area contributed by atoms with Crippen molar-refractivity contribution >= 4 is 23.6 Å². The van der Waals surface area contributed by atoms with Gasteiger partial charge in [-0.05, 0) is 80.7 Å². The molecule has 1 atom stereocenters. The van der Waals surface area contributed by atoms with Crippen LogP contribution in [0.4, 0.5) is 4.39 Å². The second-order valence-corrected chi connectivity index (χ2v) is 11.5. The summed E-state index contributed by atoms with van der Waals surface area (Å²) in [6.07, 6.45) is 8.00. The molecule has 0 saturated carbocycles. The van der Waals surface area contributed by atoms with Crippen molar-refractivity contribution in [2.45, 2.75) is 51.5 Å². The largest absolute Gasteiger partial charge is 0.478 e. The van der Waals surface area contributed by atoms with Gasteiger partial charge in [-0.15, -0.1) is 0 Å². The van der Waals surface area contributed by atoms with Crippen LogP contribution in [0.2, 0.25) is 5.02 Å². The maximum Gasteiger partial charge on any atom is 0.328 e. The van der Waals surface area contributed by atoms with Gasteiger partial charge >= 0.3 is 5.97 Å². The number of aromatic nitrogens is 3. The normalized spacial score (nSPS) is 18.9. The minimum Gasteiger partial charge on any atom is -0.478 e. The van der Waals surface area contributed by atoms with Gasteiger partial charge in [0.05, 0.1) is 30.5 Å². The second kappa shape index (κ2) is 11.8. The number of imidazole rings is 1. The molecule has 2 aromatic carbocycles. The summed E-state index contributed by atoms with van der Waals surface area (Å²) in [6, 6.07) is 14.3. The van der Waals surface area contributed by atoms with Crippen LogP contribution in [0, 0.1) is 12.7 Å². The highest BCUT2D eigenvalue weighted by Gasteiger charge is 2.43. The van der Waals surface area contributed by atoms with Crippen LogP contribution in [-0.2, 0) is 23.7 Å². The van der Waals surface area contributed by atoms with Gasteiger partial charge in [0.15, 0.2) is 11.5 Å². The first-order valence-electron chi connectivity index (χ1n) is 14.2. The number of aliphatic carboxylic acids is 1. The molecule has 6 rings (SSSR count). The third-order valence-electron chi connectivity index (χ3n) is 8.23. The molecule has 8 nitrogen and oxygen atoms in total. The molecule has 0 amide bonds. The molecule has 1 unspecified atom stereocenters. The maximum absolute atomic E-state index is 14.8. The molecule has 0 bridgehead atoms. The van der Waals surface area contributed by atoms with Gasteiger partial charge in [0.2, 0.25) is 0 Å². The van der Waals surface area contributed by atoms with Crippen molar-refractivity contribution in [2.75, 3.05) is 13.1 Å². The SMILES string of the molecule is Cc1ncccc1Cn1c(/C=C/C(=O)O)cnc1CN1CCC(c2cccc3c2OC(C)(c2ccc(Cl)cc2F)O3)CC1. The van der Waals surface area contributed by atoms with E-state index in [4.69, 9.17) is 21.1 Å². The third-order valence-corrected chi connectivity index (χ3v) is 8.47. The van der Waals surface area contributed by atoms with Crippen LogP contribution in [0.1, 0.15) is 59.6 Å². The number of rotatable bonds is 8. The van der Waals surface area contributed by atoms with Gasteiger partial charge in [-0.1, -0.05) is 29.8 Å². The molecule has 2 aliphatic rings. The second-order valence-electron chi connectivity index (χ2n) is 11.1. The highest BCUT2D eigenvalue weighted by Crippen LogP contribution is 2.49. The molecule has 0 aliphatic carbocycles. The third kappa shape index (κ3) is 6.00. The quantitative estimate of drug-likeness (QED) is 0.229. The molecule has 43 heavy (non-hydrogen) atoms. The zero-order valence-electron chi connectivity index (χ0n) is 24.0. The average molecular weight is 603 g/mol. The topological polar surface area (TPSA) is 89.7 Å². The number of halogens is 2. The number of hydrogen-bond acceptors (Lipinski definition) is 6. The van der Waals surface area contributed by atoms with Crippen LogP contribution in [0.15, 0.2) is 67.0 Å². The van der Waals surface area contributed by atoms with E-state index in [1.807, 2.05) is 31.2 Å². The van der Waals surface area contributed by atoms with Crippen LogP contribution >= 0.6 is 11.6 Å². The monoisotopic (exact) mass is 602 g/mol. The Hall–Kier alpha value is -4.21. The van der Waals surface area contributed by atoms with Gasteiger partial charge < -0.3 is 19.1 Å². The van der Waals surface area contributed by atoms with E-state index < -0.39 is 17.6 Å². The number of aryl methyl sites for hydroxylation is 1. The summed E-state index contributed by atoms with van der Waals surface area (Å²) < 4.78 is 29.4. The standard InChI is InChI=1S/C33H32ClFN4O4/c1-21-23(5-4-14-36-21)19-39-25(9-11-31(40)41)18-37-30(39)20-38-15-12-22(13-16-38)26-6-3-7-29-32(26)43-33(2,42-29)27-10-8-24(34)17-28(27)35/h3-11,14,17-18,22H,12-13,15-16,19-20H2,1-2H3,(H,40,41)/b11-9+. The Balaban J connectivity index is 1.17. The molecule has 4 heterocycles. The number of nitrogens with zero attached hydrogens (tertiary/aromatic N) is 4. The summed E-state index contributed by atoms with van der Waals surface area (Å²) in [6.45, 7) is 6.56. The lowest BCUT2D eigenvalue weighted by Gasteiger charge is -2.32. The van der Waals surface area contributed by atoms with Crippen molar-refractivity contribution in [3.8, 4) is 11.5 Å². The lowest BCUT2D eigenvalue weighted by atomic mass is 9.88. The number of carboxylic acid groups (broad SMARTS) is 1. The lowest BCUT2D eigenvalue weighted by molar-refractivity contribution is -0.131. The highest BCUT2D eigenvalue weighted by molar-refractivity contribution is 6.30. The number of fused-ring (bicyclic) bond motifs is 1. The summed E-state index contributed by atoms with van der Waals surface area (Å²) in [4.78, 5) is 22.6. The molecule has 4 aromatic rings. The van der Waals surface area contributed by atoms with Crippen LogP contribution in [-0.4, -0.2) is 43.6 Å². The van der Waals surface area contributed by atoms with E-state index >= 15 is 0 Å². The van der Waals surface area contributed by atoms with E-state index in [1.165, 1.54) is 6.07 Å². The van der Waals surface area contributed by atoms with Gasteiger partial charge in [0.25, 0.3) is 5.79 Å². The average Bonchev–Trinajstić information content (AvgIpc) is 3.53. The van der Waals surface area contributed by atoms with Crippen LogP contribution in [0.5, 0.6) is 11.5 Å². The Labute approximate surface area is 254 Å². The van der Waals surface area contributed by atoms with Crippen molar-refractivity contribution in [3.05, 3.63) is 112 Å². The predicted octanol–water partition coefficient (Wildman–Crippen LogP) is 6.55. The Kier molecular flexibility index (Phi) is 7.94. The van der Waals surface area contributed by atoms with Crippen molar-refractivity contribution in [2.24, 2.45) is 0 Å². The summed E-state index contributed by atoms with van der Waals surface area (Å²) in [5, 5.41) is 9.50. The van der Waals surface area contributed by atoms with E-state index in [2.05, 4.69) is 25.5 Å². The number of likely N-dealkylation sites (tertiary alicyclic amines) is 1. The van der Waals surface area contributed by atoms with Crippen molar-refractivity contribution in [1.82, 2.24) is 19.4 Å². The number of carbonyl (C=O) groups is 1. The smallest absolute Gasteiger partial charge is 0.328 e. The van der Waals surface area contributed by atoms with Crippen LogP contribution < -0.4 is 9.47 Å². The van der Waals surface area contributed by atoms with Crippen molar-refractivity contribution in [1.29, 1.82) is 0 Å². The number of para-hydroxylation sites is 1. The molecule has 1 N–H and O–H groups in total. The van der Waals surface area contributed by atoms with E-state index in [0.29, 0.717) is 35.2 Å². The number of carboxylic acids is 1. The van der Waals surface area contributed by atoms with E-state index in [-0.39, 0.29) is 5.92 Å². The first-order chi connectivity index (χ1) is 20.7. The Morgan fingerprint density at radius 2 is 1.95 bits per heavy atom. The zero-order valence-corrected chi connectivity index (χ0v) is 24.7.